The van der Waals surface area contributed by atoms with Gasteiger partial charge in [0.05, 0.1) is 16.4 Å². The third-order valence-corrected chi connectivity index (χ3v) is 3.60. The summed E-state index contributed by atoms with van der Waals surface area (Å²) in [6, 6.07) is -7.12. The van der Waals surface area contributed by atoms with Crippen molar-refractivity contribution in [3.63, 3.8) is 0 Å². The molecule has 0 spiro atoms. The number of hydrogen-bond donors (Lipinski definition) is 0. The van der Waals surface area contributed by atoms with Crippen LogP contribution in [0.5, 0.6) is 0 Å². The largest absolute Gasteiger partial charge is 0.311 e. The fraction of sp³-hybridized carbons (Fsp3) is 0. The van der Waals surface area contributed by atoms with Crippen LogP contribution in [0.3, 0.4) is 0 Å². The molecule has 0 N–H and O–H groups in total. The Morgan fingerprint density at radius 1 is 0.500 bits per heavy atom. The Morgan fingerprint density at radius 2 is 0.727 bits per heavy atom. The van der Waals surface area contributed by atoms with Crippen LogP contribution < -0.4 is 4.90 Å². The molecular weight excluding hydrogens is 470 g/mol. The smallest absolute Gasteiger partial charge is 0.0645 e. The Bertz CT molecular complexity index is 1130. The number of hydrogen-bond acceptors (Lipinski definition) is 1. The Labute approximate surface area is 172 Å². The SMILES string of the molecule is [2H]c1c([2H])c(N(c2c([2H])c([2H])c(Br)c([2H])c2[2H])c2c([2H])c([2H])c(Br)c([2H])c2[2H])c([2H])c([2H])c1Br. The predicted octanol–water partition coefficient (Wildman–Crippen LogP) is 7.44. The van der Waals surface area contributed by atoms with Crippen LogP contribution in [0.1, 0.15) is 16.4 Å². The van der Waals surface area contributed by atoms with Crippen LogP contribution in [0, 0.1) is 0 Å². The predicted molar refractivity (Wildman–Crippen MR) is 104 cm³/mol. The molecule has 4 heteroatoms. The summed E-state index contributed by atoms with van der Waals surface area (Å²) in [6.07, 6.45) is 0. The van der Waals surface area contributed by atoms with Crippen molar-refractivity contribution in [1.29, 1.82) is 0 Å². The zero-order valence-corrected chi connectivity index (χ0v) is 15.3. The third kappa shape index (κ3) is 3.62. The maximum absolute atomic E-state index is 8.47. The van der Waals surface area contributed by atoms with Gasteiger partial charge in [0.2, 0.25) is 0 Å². The van der Waals surface area contributed by atoms with E-state index in [0.29, 0.717) is 0 Å². The first-order chi connectivity index (χ1) is 15.7. The highest BCUT2D eigenvalue weighted by atomic mass is 79.9. The standard InChI is InChI=1S/C18H12Br3N/c19-13-1-7-16(8-2-13)22(17-9-3-14(20)4-10-17)18-11-5-15(21)6-12-18/h1-12H/i1D,2D,3D,4D,5D,6D,7D,8D,9D,10D,11D,12D. The maximum Gasteiger partial charge on any atom is 0.0645 e. The Kier molecular flexibility index (Phi) is 2.16. The fourth-order valence-electron chi connectivity index (χ4n) is 1.54. The van der Waals surface area contributed by atoms with Crippen molar-refractivity contribution in [3.8, 4) is 0 Å². The van der Waals surface area contributed by atoms with Crippen LogP contribution >= 0.6 is 47.8 Å². The summed E-state index contributed by atoms with van der Waals surface area (Å²) in [6.45, 7) is 0. The lowest BCUT2D eigenvalue weighted by Crippen LogP contribution is -2.09. The van der Waals surface area contributed by atoms with Crippen molar-refractivity contribution in [3.05, 3.63) is 85.9 Å². The Balaban J connectivity index is 2.68. The normalized spacial score (nSPS) is 18.1. The van der Waals surface area contributed by atoms with Crippen LogP contribution in [-0.2, 0) is 0 Å². The van der Waals surface area contributed by atoms with Crippen molar-refractivity contribution >= 4 is 64.9 Å². The van der Waals surface area contributed by atoms with E-state index in [1.807, 2.05) is 0 Å². The molecule has 22 heavy (non-hydrogen) atoms. The number of rotatable bonds is 3. The van der Waals surface area contributed by atoms with E-state index in [-0.39, 0.29) is 13.4 Å². The molecule has 0 aromatic heterocycles. The molecule has 0 heterocycles. The summed E-state index contributed by atoms with van der Waals surface area (Å²) in [7, 11) is 0. The lowest BCUT2D eigenvalue weighted by molar-refractivity contribution is 1.28. The van der Waals surface area contributed by atoms with Gasteiger partial charge in [-0.3, -0.25) is 0 Å². The minimum absolute atomic E-state index is 0.170. The van der Waals surface area contributed by atoms with Crippen LogP contribution in [0.4, 0.5) is 17.1 Å². The van der Waals surface area contributed by atoms with E-state index in [1.54, 1.807) is 0 Å². The molecule has 0 aliphatic heterocycles. The van der Waals surface area contributed by atoms with Gasteiger partial charge in [-0.15, -0.1) is 0 Å². The highest BCUT2D eigenvalue weighted by molar-refractivity contribution is 9.11. The van der Waals surface area contributed by atoms with Crippen molar-refractivity contribution < 1.29 is 16.4 Å². The minimum Gasteiger partial charge on any atom is -0.311 e. The first kappa shape index (κ1) is 6.80. The van der Waals surface area contributed by atoms with E-state index in [2.05, 4.69) is 47.8 Å². The zero-order valence-electron chi connectivity index (χ0n) is 22.6. The Hall–Kier alpha value is -1.10. The van der Waals surface area contributed by atoms with Crippen molar-refractivity contribution in [2.24, 2.45) is 0 Å². The second kappa shape index (κ2) is 6.99. The molecule has 0 saturated heterocycles. The van der Waals surface area contributed by atoms with Crippen LogP contribution in [0.25, 0.3) is 0 Å². The highest BCUT2D eigenvalue weighted by Crippen LogP contribution is 2.35. The summed E-state index contributed by atoms with van der Waals surface area (Å²) in [5, 5.41) is 0. The van der Waals surface area contributed by atoms with E-state index >= 15 is 0 Å². The van der Waals surface area contributed by atoms with Gasteiger partial charge in [0.25, 0.3) is 0 Å². The molecule has 1 nitrogen and oxygen atoms in total. The summed E-state index contributed by atoms with van der Waals surface area (Å²) in [5.41, 5.74) is -1.70. The van der Waals surface area contributed by atoms with Crippen LogP contribution in [0.15, 0.2) is 85.9 Å². The Morgan fingerprint density at radius 3 is 0.955 bits per heavy atom. The zero-order chi connectivity index (χ0) is 26.0. The molecule has 0 aliphatic carbocycles. The second-order valence-corrected chi connectivity index (χ2v) is 6.20. The average Bonchev–Trinajstić information content (AvgIpc) is 2.81. The van der Waals surface area contributed by atoms with Gasteiger partial charge in [-0.25, -0.2) is 0 Å². The van der Waals surface area contributed by atoms with E-state index in [1.165, 1.54) is 0 Å². The second-order valence-electron chi connectivity index (χ2n) is 3.82. The molecule has 3 aromatic rings. The first-order valence-electron chi connectivity index (χ1n) is 11.7. The summed E-state index contributed by atoms with van der Waals surface area (Å²) in [5.74, 6) is 0. The van der Waals surface area contributed by atoms with Gasteiger partial charge in [0.15, 0.2) is 0 Å². The van der Waals surface area contributed by atoms with Crippen molar-refractivity contribution in [2.75, 3.05) is 4.90 Å². The molecule has 3 rings (SSSR count). The first-order valence-corrected chi connectivity index (χ1v) is 8.12. The van der Waals surface area contributed by atoms with Crippen molar-refractivity contribution in [2.45, 2.75) is 0 Å². The summed E-state index contributed by atoms with van der Waals surface area (Å²) in [4.78, 5) is 0.730. The van der Waals surface area contributed by atoms with Gasteiger partial charge in [-0.05, 0) is 72.5 Å². The number of nitrogens with zero attached hydrogens (tertiary/aromatic N) is 1. The molecule has 0 fully saturated rings. The number of halogens is 3. The van der Waals surface area contributed by atoms with Gasteiger partial charge in [-0.1, -0.05) is 47.8 Å². The minimum atomic E-state index is -0.660. The van der Waals surface area contributed by atoms with Gasteiger partial charge < -0.3 is 4.90 Å². The highest BCUT2D eigenvalue weighted by Gasteiger charge is 2.12. The number of benzene rings is 3. The molecule has 0 amide bonds. The third-order valence-electron chi connectivity index (χ3n) is 2.41. The molecule has 3 aromatic carbocycles. The molecule has 0 atom stereocenters. The number of anilines is 3. The summed E-state index contributed by atoms with van der Waals surface area (Å²) < 4.78 is 99.4. The van der Waals surface area contributed by atoms with Crippen molar-refractivity contribution in [1.82, 2.24) is 0 Å². The van der Waals surface area contributed by atoms with E-state index in [0.717, 1.165) is 4.90 Å². The van der Waals surface area contributed by atoms with E-state index in [9.17, 15) is 0 Å². The molecule has 0 radical (unpaired) electrons. The topological polar surface area (TPSA) is 3.24 Å². The molecule has 0 saturated carbocycles. The van der Waals surface area contributed by atoms with Gasteiger partial charge in [0.1, 0.15) is 0 Å². The van der Waals surface area contributed by atoms with Crippen LogP contribution in [0.2, 0.25) is 0 Å². The quantitative estimate of drug-likeness (QED) is 0.366. The van der Waals surface area contributed by atoms with Gasteiger partial charge >= 0.3 is 0 Å². The monoisotopic (exact) mass is 491 g/mol. The average molecular weight is 494 g/mol. The van der Waals surface area contributed by atoms with Gasteiger partial charge in [-0.2, -0.15) is 0 Å². The lowest BCUT2D eigenvalue weighted by Gasteiger charge is -2.25. The molecule has 110 valence electrons. The van der Waals surface area contributed by atoms with Crippen LogP contribution in [-0.4, -0.2) is 0 Å². The lowest BCUT2D eigenvalue weighted by atomic mass is 10.2. The fourth-order valence-corrected chi connectivity index (χ4v) is 2.14. The summed E-state index contributed by atoms with van der Waals surface area (Å²) >= 11 is 8.96. The van der Waals surface area contributed by atoms with Gasteiger partial charge in [0, 0.05) is 30.5 Å². The molecule has 0 aliphatic rings. The van der Waals surface area contributed by atoms with E-state index < -0.39 is 89.6 Å². The molecular formula is C18H12Br3N. The maximum atomic E-state index is 8.47. The molecule has 0 unspecified atom stereocenters. The molecule has 0 bridgehead atoms. The van der Waals surface area contributed by atoms with E-state index in [4.69, 9.17) is 16.4 Å².